The van der Waals surface area contributed by atoms with Gasteiger partial charge >= 0.3 is 12.3 Å². The average molecular weight is 527 g/mol. The number of aliphatic carboxylic acids is 1. The standard InChI is InChI=1S/C24H22BrF3O5/c1-23(2,22(30)31)12-20(29)18-11-19(25)16-5-3-4-6-17(16)21(18)32-13-14-7-9-15(10-8-14)33-24(26,27)28/h3-9,11,15H,10,12-13H2,1-2H3,(H,30,31). The predicted molar refractivity (Wildman–Crippen MR) is 120 cm³/mol. The molecule has 1 N–H and O–H groups in total. The fraction of sp³-hybridized carbons (Fsp3) is 0.333. The minimum absolute atomic E-state index is 0.0173. The van der Waals surface area contributed by atoms with Crippen LogP contribution >= 0.6 is 15.9 Å². The van der Waals surface area contributed by atoms with E-state index in [1.54, 1.807) is 24.3 Å². The van der Waals surface area contributed by atoms with E-state index in [-0.39, 0.29) is 25.0 Å². The van der Waals surface area contributed by atoms with Crippen molar-refractivity contribution in [3.8, 4) is 5.75 Å². The Bertz CT molecular complexity index is 1130. The maximum Gasteiger partial charge on any atom is 0.523 e. The third-order valence-corrected chi connectivity index (χ3v) is 5.89. The van der Waals surface area contributed by atoms with Gasteiger partial charge in [0.25, 0.3) is 0 Å². The minimum atomic E-state index is -4.72. The van der Waals surface area contributed by atoms with Crippen molar-refractivity contribution in [1.82, 2.24) is 0 Å². The lowest BCUT2D eigenvalue weighted by Crippen LogP contribution is -2.27. The maximum absolute atomic E-state index is 13.1. The number of carbonyl (C=O) groups is 2. The quantitative estimate of drug-likeness (QED) is 0.400. The van der Waals surface area contributed by atoms with Gasteiger partial charge in [0.1, 0.15) is 12.4 Å². The molecule has 176 valence electrons. The molecule has 0 saturated carbocycles. The highest BCUT2D eigenvalue weighted by Crippen LogP contribution is 2.38. The summed E-state index contributed by atoms with van der Waals surface area (Å²) in [7, 11) is 0. The first kappa shape index (κ1) is 25.0. The number of halogens is 4. The Morgan fingerprint density at radius 1 is 1.18 bits per heavy atom. The Hall–Kier alpha value is -2.65. The Kier molecular flexibility index (Phi) is 7.33. The van der Waals surface area contributed by atoms with Crippen LogP contribution in [0.4, 0.5) is 13.2 Å². The second-order valence-corrected chi connectivity index (χ2v) is 9.19. The second-order valence-electron chi connectivity index (χ2n) is 8.33. The molecule has 2 aromatic rings. The average Bonchev–Trinajstić information content (AvgIpc) is 2.72. The zero-order chi connectivity index (χ0) is 24.4. The number of rotatable bonds is 8. The first-order valence-corrected chi connectivity index (χ1v) is 10.9. The number of hydrogen-bond donors (Lipinski definition) is 1. The molecule has 5 nitrogen and oxygen atoms in total. The van der Waals surface area contributed by atoms with Crippen LogP contribution in [0.3, 0.4) is 0 Å². The predicted octanol–water partition coefficient (Wildman–Crippen LogP) is 6.46. The van der Waals surface area contributed by atoms with Crippen LogP contribution < -0.4 is 4.74 Å². The molecule has 2 aromatic carbocycles. The van der Waals surface area contributed by atoms with E-state index in [1.807, 2.05) is 12.1 Å². The van der Waals surface area contributed by atoms with Crippen molar-refractivity contribution in [2.75, 3.05) is 6.61 Å². The second kappa shape index (κ2) is 9.69. The van der Waals surface area contributed by atoms with E-state index in [0.29, 0.717) is 21.2 Å². The van der Waals surface area contributed by atoms with Gasteiger partial charge in [-0.2, -0.15) is 0 Å². The van der Waals surface area contributed by atoms with Crippen molar-refractivity contribution in [3.63, 3.8) is 0 Å². The van der Waals surface area contributed by atoms with Crippen LogP contribution in [0.2, 0.25) is 0 Å². The van der Waals surface area contributed by atoms with Crippen molar-refractivity contribution in [2.24, 2.45) is 5.41 Å². The molecule has 1 atom stereocenters. The van der Waals surface area contributed by atoms with Gasteiger partial charge in [-0.1, -0.05) is 58.4 Å². The van der Waals surface area contributed by atoms with E-state index < -0.39 is 29.6 Å². The molecule has 0 fully saturated rings. The summed E-state index contributed by atoms with van der Waals surface area (Å²) in [6, 6.07) is 8.86. The van der Waals surface area contributed by atoms with Gasteiger partial charge in [0.15, 0.2) is 5.78 Å². The van der Waals surface area contributed by atoms with Gasteiger partial charge in [-0.25, -0.2) is 0 Å². The van der Waals surface area contributed by atoms with E-state index in [1.165, 1.54) is 26.0 Å². The number of carboxylic acids is 1. The molecule has 0 bridgehead atoms. The molecule has 0 heterocycles. The van der Waals surface area contributed by atoms with Gasteiger partial charge in [0.05, 0.1) is 17.1 Å². The number of fused-ring (bicyclic) bond motifs is 1. The van der Waals surface area contributed by atoms with Crippen LogP contribution in [0.1, 0.15) is 37.0 Å². The van der Waals surface area contributed by atoms with E-state index in [2.05, 4.69) is 20.7 Å². The molecule has 0 amide bonds. The molecule has 1 aliphatic carbocycles. The summed E-state index contributed by atoms with van der Waals surface area (Å²) < 4.78 is 47.9. The summed E-state index contributed by atoms with van der Waals surface area (Å²) in [6.07, 6.45) is -1.61. The number of ketones is 1. The Morgan fingerprint density at radius 2 is 1.85 bits per heavy atom. The summed E-state index contributed by atoms with van der Waals surface area (Å²) in [6.45, 7) is 2.96. The van der Waals surface area contributed by atoms with Gasteiger partial charge in [0.2, 0.25) is 0 Å². The summed E-state index contributed by atoms with van der Waals surface area (Å²) >= 11 is 3.46. The molecule has 0 aromatic heterocycles. The molecule has 0 spiro atoms. The van der Waals surface area contributed by atoms with Crippen LogP contribution in [-0.2, 0) is 9.53 Å². The van der Waals surface area contributed by atoms with Crippen LogP contribution in [0.15, 0.2) is 58.6 Å². The first-order valence-electron chi connectivity index (χ1n) is 10.1. The first-order chi connectivity index (χ1) is 15.4. The lowest BCUT2D eigenvalue weighted by Gasteiger charge is -2.21. The Balaban J connectivity index is 1.88. The van der Waals surface area contributed by atoms with Gasteiger partial charge < -0.3 is 9.84 Å². The number of benzene rings is 2. The molecule has 0 aliphatic heterocycles. The molecular weight excluding hydrogens is 505 g/mol. The fourth-order valence-electron chi connectivity index (χ4n) is 3.41. The SMILES string of the molecule is CC(C)(CC(=O)c1cc(Br)c2ccccc2c1OCC1=CCC(OC(F)(F)F)C=C1)C(=O)O. The number of hydrogen-bond acceptors (Lipinski definition) is 4. The Labute approximate surface area is 197 Å². The third kappa shape index (κ3) is 6.23. The zero-order valence-electron chi connectivity index (χ0n) is 17.9. The molecule has 9 heteroatoms. The Morgan fingerprint density at radius 3 is 2.42 bits per heavy atom. The molecule has 33 heavy (non-hydrogen) atoms. The van der Waals surface area contributed by atoms with E-state index in [0.717, 1.165) is 5.39 Å². The number of ether oxygens (including phenoxy) is 2. The molecular formula is C24H22BrF3O5. The largest absolute Gasteiger partial charge is 0.523 e. The minimum Gasteiger partial charge on any atom is -0.488 e. The van der Waals surface area contributed by atoms with E-state index in [4.69, 9.17) is 4.74 Å². The monoisotopic (exact) mass is 526 g/mol. The van der Waals surface area contributed by atoms with Crippen molar-refractivity contribution in [1.29, 1.82) is 0 Å². The molecule has 1 unspecified atom stereocenters. The summed E-state index contributed by atoms with van der Waals surface area (Å²) in [5, 5.41) is 10.9. The zero-order valence-corrected chi connectivity index (χ0v) is 19.5. The highest BCUT2D eigenvalue weighted by atomic mass is 79.9. The van der Waals surface area contributed by atoms with Gasteiger partial charge in [0, 0.05) is 16.3 Å². The van der Waals surface area contributed by atoms with E-state index >= 15 is 0 Å². The number of carbonyl (C=O) groups excluding carboxylic acids is 1. The molecule has 1 aliphatic rings. The maximum atomic E-state index is 13.1. The van der Waals surface area contributed by atoms with Crippen LogP contribution in [0.5, 0.6) is 5.75 Å². The van der Waals surface area contributed by atoms with Crippen molar-refractivity contribution in [3.05, 3.63) is 64.2 Å². The molecule has 3 rings (SSSR count). The van der Waals surface area contributed by atoms with E-state index in [9.17, 15) is 27.9 Å². The van der Waals surface area contributed by atoms with Crippen molar-refractivity contribution in [2.45, 2.75) is 39.2 Å². The van der Waals surface area contributed by atoms with Crippen molar-refractivity contribution >= 4 is 38.5 Å². The summed E-state index contributed by atoms with van der Waals surface area (Å²) in [4.78, 5) is 24.6. The third-order valence-electron chi connectivity index (χ3n) is 5.23. The van der Waals surface area contributed by atoms with Gasteiger partial charge in [-0.15, -0.1) is 13.2 Å². The topological polar surface area (TPSA) is 72.8 Å². The smallest absolute Gasteiger partial charge is 0.488 e. The fourth-order valence-corrected chi connectivity index (χ4v) is 3.98. The highest BCUT2D eigenvalue weighted by Gasteiger charge is 2.33. The number of carboxylic acid groups (broad SMARTS) is 1. The molecule has 0 radical (unpaired) electrons. The van der Waals surface area contributed by atoms with Gasteiger partial charge in [-0.05, 0) is 37.3 Å². The highest BCUT2D eigenvalue weighted by molar-refractivity contribution is 9.10. The van der Waals surface area contributed by atoms with Crippen molar-refractivity contribution < 1.29 is 37.3 Å². The summed E-state index contributed by atoms with van der Waals surface area (Å²) in [5.74, 6) is -1.19. The van der Waals surface area contributed by atoms with Crippen LogP contribution in [0.25, 0.3) is 10.8 Å². The van der Waals surface area contributed by atoms with Crippen LogP contribution in [0, 0.1) is 5.41 Å². The number of Topliss-reactive ketones (excluding diaryl/α,β-unsaturated/α-hetero) is 1. The molecule has 0 saturated heterocycles. The normalized spacial score (nSPS) is 16.5. The lowest BCUT2D eigenvalue weighted by atomic mass is 9.85. The van der Waals surface area contributed by atoms with Gasteiger partial charge in [-0.3, -0.25) is 14.3 Å². The lowest BCUT2D eigenvalue weighted by molar-refractivity contribution is -0.336. The summed E-state index contributed by atoms with van der Waals surface area (Å²) in [5.41, 5.74) is -0.406. The van der Waals surface area contributed by atoms with Crippen LogP contribution in [-0.4, -0.2) is 35.9 Å². The number of alkyl halides is 3.